The second kappa shape index (κ2) is 11.0. The molecule has 0 radical (unpaired) electrons. The molecule has 4 N–H and O–H groups in total. The van der Waals surface area contributed by atoms with Gasteiger partial charge in [-0.15, -0.1) is 0 Å². The smallest absolute Gasteiger partial charge is 0.258 e. The molecule has 0 spiro atoms. The number of benzene rings is 2. The highest BCUT2D eigenvalue weighted by atomic mass is 35.5. The average Bonchev–Trinajstić information content (AvgIpc) is 2.67. The van der Waals surface area contributed by atoms with Crippen molar-refractivity contribution < 1.29 is 14.4 Å². The van der Waals surface area contributed by atoms with E-state index in [-0.39, 0.29) is 33.6 Å². The molecule has 0 fully saturated rings. The second-order valence-electron chi connectivity index (χ2n) is 5.61. The van der Waals surface area contributed by atoms with Gasteiger partial charge in [-0.3, -0.25) is 30.6 Å². The number of anilines is 1. The Labute approximate surface area is 187 Å². The van der Waals surface area contributed by atoms with E-state index in [1.165, 1.54) is 12.1 Å². The van der Waals surface area contributed by atoms with E-state index in [1.807, 2.05) is 0 Å². The third kappa shape index (κ3) is 7.51. The summed E-state index contributed by atoms with van der Waals surface area (Å²) >= 11 is 22.6. The van der Waals surface area contributed by atoms with Crippen molar-refractivity contribution in [2.75, 3.05) is 5.32 Å². The van der Waals surface area contributed by atoms with Gasteiger partial charge in [0.2, 0.25) is 11.8 Å². The molecule has 0 bridgehead atoms. The van der Waals surface area contributed by atoms with Gasteiger partial charge in [0.05, 0.1) is 21.3 Å². The van der Waals surface area contributed by atoms with Crippen LogP contribution in [-0.2, 0) is 9.59 Å². The van der Waals surface area contributed by atoms with Crippen molar-refractivity contribution in [1.82, 2.24) is 16.2 Å². The molecule has 29 heavy (non-hydrogen) atoms. The van der Waals surface area contributed by atoms with Gasteiger partial charge >= 0.3 is 0 Å². The Bertz CT molecular complexity index is 956. The van der Waals surface area contributed by atoms with Crippen molar-refractivity contribution in [2.45, 2.75) is 12.8 Å². The van der Waals surface area contributed by atoms with Crippen molar-refractivity contribution in [3.05, 3.63) is 63.1 Å². The number of carbonyl (C=O) groups is 3. The lowest BCUT2D eigenvalue weighted by atomic mass is 10.2. The predicted octanol–water partition coefficient (Wildman–Crippen LogP) is 3.70. The summed E-state index contributed by atoms with van der Waals surface area (Å²) in [4.78, 5) is 35.8. The summed E-state index contributed by atoms with van der Waals surface area (Å²) in [5.74, 6) is -1.43. The lowest BCUT2D eigenvalue weighted by Crippen LogP contribution is -2.48. The van der Waals surface area contributed by atoms with Crippen molar-refractivity contribution in [3.63, 3.8) is 0 Å². The zero-order valence-electron chi connectivity index (χ0n) is 14.7. The van der Waals surface area contributed by atoms with Crippen LogP contribution in [0.1, 0.15) is 23.2 Å². The van der Waals surface area contributed by atoms with Crippen LogP contribution in [0.2, 0.25) is 15.1 Å². The Morgan fingerprint density at radius 3 is 2.24 bits per heavy atom. The fourth-order valence-corrected chi connectivity index (χ4v) is 2.89. The lowest BCUT2D eigenvalue weighted by Gasteiger charge is -2.11. The molecule has 0 atom stereocenters. The van der Waals surface area contributed by atoms with Crippen molar-refractivity contribution in [1.29, 1.82) is 0 Å². The van der Waals surface area contributed by atoms with Crippen LogP contribution in [0.5, 0.6) is 0 Å². The Hall–Kier alpha value is -2.39. The summed E-state index contributed by atoms with van der Waals surface area (Å²) in [7, 11) is 0. The van der Waals surface area contributed by atoms with Gasteiger partial charge in [0.25, 0.3) is 5.91 Å². The molecule has 0 aliphatic rings. The van der Waals surface area contributed by atoms with E-state index in [0.717, 1.165) is 0 Å². The highest BCUT2D eigenvalue weighted by Gasteiger charge is 2.12. The molecule has 0 saturated heterocycles. The molecule has 0 aliphatic heterocycles. The van der Waals surface area contributed by atoms with Crippen molar-refractivity contribution >= 4 is 75.5 Å². The van der Waals surface area contributed by atoms with Crippen LogP contribution in [0.15, 0.2) is 42.5 Å². The third-order valence-electron chi connectivity index (χ3n) is 3.45. The van der Waals surface area contributed by atoms with Crippen LogP contribution in [0.4, 0.5) is 5.69 Å². The van der Waals surface area contributed by atoms with Gasteiger partial charge in [0.15, 0.2) is 5.11 Å². The van der Waals surface area contributed by atoms with Crippen LogP contribution in [0.3, 0.4) is 0 Å². The molecule has 0 saturated carbocycles. The van der Waals surface area contributed by atoms with Crippen LogP contribution >= 0.6 is 47.0 Å². The van der Waals surface area contributed by atoms with Gasteiger partial charge in [0, 0.05) is 17.9 Å². The summed E-state index contributed by atoms with van der Waals surface area (Å²) in [5, 5.41) is 5.83. The molecule has 2 rings (SSSR count). The predicted molar refractivity (Wildman–Crippen MR) is 117 cm³/mol. The van der Waals surface area contributed by atoms with Gasteiger partial charge in [-0.05, 0) is 42.5 Å². The number of hydrogen-bond donors (Lipinski definition) is 4. The van der Waals surface area contributed by atoms with Gasteiger partial charge in [-0.25, -0.2) is 0 Å². The quantitative estimate of drug-likeness (QED) is 0.392. The molecule has 2 aromatic rings. The van der Waals surface area contributed by atoms with Crippen molar-refractivity contribution in [2.24, 2.45) is 0 Å². The first-order chi connectivity index (χ1) is 13.8. The molecule has 3 amide bonds. The first-order valence-electron chi connectivity index (χ1n) is 8.16. The molecule has 7 nitrogen and oxygen atoms in total. The zero-order chi connectivity index (χ0) is 21.4. The van der Waals surface area contributed by atoms with Gasteiger partial charge in [-0.1, -0.05) is 46.9 Å². The van der Waals surface area contributed by atoms with E-state index in [2.05, 4.69) is 21.5 Å². The molecular formula is C18H15Cl3N4O3S. The minimum absolute atomic E-state index is 0.0921. The second-order valence-corrected chi connectivity index (χ2v) is 7.27. The fourth-order valence-electron chi connectivity index (χ4n) is 2.07. The number of nitrogens with one attached hydrogen (secondary N) is 4. The lowest BCUT2D eigenvalue weighted by molar-refractivity contribution is -0.124. The minimum Gasteiger partial charge on any atom is -0.325 e. The summed E-state index contributed by atoms with van der Waals surface area (Å²) < 4.78 is 0. The monoisotopic (exact) mass is 472 g/mol. The molecule has 2 aromatic carbocycles. The van der Waals surface area contributed by atoms with Crippen LogP contribution in [0.25, 0.3) is 0 Å². The van der Waals surface area contributed by atoms with Crippen LogP contribution in [-0.4, -0.2) is 22.8 Å². The van der Waals surface area contributed by atoms with Crippen LogP contribution < -0.4 is 21.5 Å². The summed E-state index contributed by atoms with van der Waals surface area (Å²) in [6.45, 7) is 0. The van der Waals surface area contributed by atoms with E-state index in [4.69, 9.17) is 47.0 Å². The Balaban J connectivity index is 1.72. The van der Waals surface area contributed by atoms with Crippen LogP contribution in [0, 0.1) is 0 Å². The summed E-state index contributed by atoms with van der Waals surface area (Å²) in [5.41, 5.74) is 5.30. The maximum atomic E-state index is 12.1. The molecular weight excluding hydrogens is 459 g/mol. The van der Waals surface area contributed by atoms with E-state index < -0.39 is 17.7 Å². The first kappa shape index (κ1) is 22.9. The number of thiocarbonyl (C=S) groups is 1. The molecule has 0 aromatic heterocycles. The number of hydrogen-bond acceptors (Lipinski definition) is 4. The first-order valence-corrected chi connectivity index (χ1v) is 9.70. The fraction of sp³-hybridized carbons (Fsp3) is 0.111. The molecule has 152 valence electrons. The van der Waals surface area contributed by atoms with E-state index >= 15 is 0 Å². The highest BCUT2D eigenvalue weighted by molar-refractivity contribution is 7.80. The SMILES string of the molecule is O=C(CCC(=O)Nc1ccc(Cl)cc1Cl)NNC(=S)NC(=O)c1ccccc1Cl. The number of amides is 3. The number of halogens is 3. The van der Waals surface area contributed by atoms with Crippen molar-refractivity contribution in [3.8, 4) is 0 Å². The maximum absolute atomic E-state index is 12.1. The Morgan fingerprint density at radius 2 is 1.55 bits per heavy atom. The third-order valence-corrected chi connectivity index (χ3v) is 4.53. The largest absolute Gasteiger partial charge is 0.325 e. The Morgan fingerprint density at radius 1 is 0.862 bits per heavy atom. The van der Waals surface area contributed by atoms with E-state index in [1.54, 1.807) is 30.3 Å². The van der Waals surface area contributed by atoms with Gasteiger partial charge < -0.3 is 5.32 Å². The molecule has 0 heterocycles. The maximum Gasteiger partial charge on any atom is 0.258 e. The Kier molecular flexibility index (Phi) is 8.66. The summed E-state index contributed by atoms with van der Waals surface area (Å²) in [6, 6.07) is 11.1. The van der Waals surface area contributed by atoms with Gasteiger partial charge in [-0.2, -0.15) is 0 Å². The molecule has 11 heteroatoms. The highest BCUT2D eigenvalue weighted by Crippen LogP contribution is 2.25. The van der Waals surface area contributed by atoms with Gasteiger partial charge in [0.1, 0.15) is 0 Å². The normalized spacial score (nSPS) is 10.0. The van der Waals surface area contributed by atoms with E-state index in [0.29, 0.717) is 10.7 Å². The number of hydrazine groups is 1. The van der Waals surface area contributed by atoms with E-state index in [9.17, 15) is 14.4 Å². The standard InChI is InChI=1S/C18H15Cl3N4O3S/c19-10-5-6-14(13(21)9-10)22-15(26)7-8-16(27)24-25-18(29)23-17(28)11-3-1-2-4-12(11)20/h1-6,9H,7-8H2,(H,22,26)(H,24,27)(H2,23,25,28,29). The number of rotatable bonds is 5. The average molecular weight is 474 g/mol. The molecule has 0 aliphatic carbocycles. The summed E-state index contributed by atoms with van der Waals surface area (Å²) in [6.07, 6.45) is -0.212. The topological polar surface area (TPSA) is 99.3 Å². The molecule has 0 unspecified atom stereocenters. The number of carbonyl (C=O) groups excluding carboxylic acids is 3. The zero-order valence-corrected chi connectivity index (χ0v) is 17.8. The minimum atomic E-state index is -0.526.